The van der Waals surface area contributed by atoms with Crippen molar-refractivity contribution in [2.75, 3.05) is 0 Å². The van der Waals surface area contributed by atoms with E-state index in [2.05, 4.69) is 155 Å². The molecule has 4 rings (SSSR count). The van der Waals surface area contributed by atoms with Gasteiger partial charge in [-0.05, 0) is 55.6 Å². The number of hydrogen-bond acceptors (Lipinski definition) is 1. The van der Waals surface area contributed by atoms with E-state index < -0.39 is 0 Å². The van der Waals surface area contributed by atoms with Crippen LogP contribution in [0.15, 0.2) is 102 Å². The van der Waals surface area contributed by atoms with E-state index in [1.54, 1.807) is 0 Å². The number of hydrogen-bond donors (Lipinski definition) is 0. The fourth-order valence-corrected chi connectivity index (χ4v) is 5.39. The van der Waals surface area contributed by atoms with Crippen LogP contribution in [-0.4, -0.2) is 5.71 Å². The predicted octanol–water partition coefficient (Wildman–Crippen LogP) is 15.4. The minimum absolute atomic E-state index is 0. The molecule has 50 heavy (non-hydrogen) atoms. The Morgan fingerprint density at radius 2 is 0.940 bits per heavy atom. The van der Waals surface area contributed by atoms with E-state index >= 15 is 0 Å². The molecule has 0 atom stereocenters. The zero-order valence-corrected chi connectivity index (χ0v) is 33.5. The molecule has 0 spiro atoms. The Bertz CT molecular complexity index is 1610. The van der Waals surface area contributed by atoms with Crippen LogP contribution < -0.4 is 0 Å². The van der Waals surface area contributed by atoms with Crippen molar-refractivity contribution in [3.63, 3.8) is 0 Å². The van der Waals surface area contributed by atoms with Gasteiger partial charge in [-0.1, -0.05) is 176 Å². The standard InChI is InChI=1S/C29H41N2.C14H14N.N3.V/c1-18(2)24-13-11-14-25(19(3)4)28(24)30-22(9)17-23(10)31-29-26(20(5)6)15-12-16-27(29)21(7)8;1-11-3-7-13(8-4-11)15-14-9-5-12(2)6-10-14;1-3-2;/h11-21H,1-10H3;3-10H,1-2H3;;/q3*-1;/b22-17-,31-23?;;;. The Morgan fingerprint density at radius 1 is 0.600 bits per heavy atom. The predicted molar refractivity (Wildman–Crippen MR) is 214 cm³/mol. The van der Waals surface area contributed by atoms with E-state index in [0.717, 1.165) is 34.2 Å². The van der Waals surface area contributed by atoms with Crippen LogP contribution >= 0.6 is 0 Å². The minimum Gasteiger partial charge on any atom is -0.661 e. The van der Waals surface area contributed by atoms with Gasteiger partial charge >= 0.3 is 0 Å². The number of para-hydroxylation sites is 2. The summed E-state index contributed by atoms with van der Waals surface area (Å²) < 4.78 is 0. The van der Waals surface area contributed by atoms with Crippen molar-refractivity contribution in [1.82, 2.24) is 0 Å². The molecule has 7 heteroatoms. The van der Waals surface area contributed by atoms with Crippen molar-refractivity contribution in [2.24, 2.45) is 4.99 Å². The first-order valence-electron chi connectivity index (χ1n) is 17.2. The summed E-state index contributed by atoms with van der Waals surface area (Å²) in [7, 11) is 0. The van der Waals surface area contributed by atoms with Crippen molar-refractivity contribution in [3.05, 3.63) is 157 Å². The molecular weight excluding hydrogens is 651 g/mol. The second-order valence-corrected chi connectivity index (χ2v) is 13.7. The second kappa shape index (κ2) is 21.8. The Labute approximate surface area is 314 Å². The van der Waals surface area contributed by atoms with Gasteiger partial charge in [-0.15, -0.1) is 17.1 Å². The number of allylic oxidation sites excluding steroid dienone is 2. The molecule has 0 bridgehead atoms. The van der Waals surface area contributed by atoms with Crippen molar-refractivity contribution in [1.29, 1.82) is 0 Å². The van der Waals surface area contributed by atoms with E-state index in [4.69, 9.17) is 21.4 Å². The van der Waals surface area contributed by atoms with Crippen molar-refractivity contribution in [3.8, 4) is 0 Å². The first-order valence-corrected chi connectivity index (χ1v) is 17.2. The Morgan fingerprint density at radius 3 is 1.28 bits per heavy atom. The summed E-state index contributed by atoms with van der Waals surface area (Å²) in [4.78, 5) is 6.58. The molecule has 0 saturated carbocycles. The maximum atomic E-state index is 6.75. The van der Waals surface area contributed by atoms with Gasteiger partial charge in [0.15, 0.2) is 0 Å². The zero-order valence-electron chi connectivity index (χ0n) is 32.1. The molecule has 1 radical (unpaired) electrons. The molecule has 265 valence electrons. The Balaban J connectivity index is 0.000000546. The SMILES string of the molecule is CC(/C=C(/C)[N-]c1c(C(C)C)cccc1C(C)C)=Nc1c(C(C)C)cccc1C(C)C.Cc1ccc([N-]c2ccc(C)cc2)cc1.[N-]=[N+]=[N-].[V]. The fraction of sp³-hybridized carbons (Fsp3) is 0.372. The van der Waals surface area contributed by atoms with Gasteiger partial charge in [-0.3, -0.25) is 9.90 Å². The van der Waals surface area contributed by atoms with Crippen LogP contribution in [0.3, 0.4) is 0 Å². The minimum atomic E-state index is 0. The average Bonchev–Trinajstić information content (AvgIpc) is 3.03. The van der Waals surface area contributed by atoms with Crippen LogP contribution in [0.25, 0.3) is 26.6 Å². The van der Waals surface area contributed by atoms with Crippen molar-refractivity contribution in [2.45, 2.75) is 107 Å². The maximum Gasteiger partial charge on any atom is 0.0701 e. The molecule has 6 nitrogen and oxygen atoms in total. The monoisotopic (exact) mass is 706 g/mol. The zero-order chi connectivity index (χ0) is 36.7. The van der Waals surface area contributed by atoms with Crippen LogP contribution in [-0.2, 0) is 18.6 Å². The molecule has 0 heterocycles. The van der Waals surface area contributed by atoms with E-state index in [9.17, 15) is 0 Å². The third-order valence-electron chi connectivity index (χ3n) is 8.01. The number of aryl methyl sites for hydroxylation is 2. The van der Waals surface area contributed by atoms with Gasteiger partial charge in [-0.25, -0.2) is 0 Å². The normalized spacial score (nSPS) is 11.3. The third kappa shape index (κ3) is 14.0. The van der Waals surface area contributed by atoms with E-state index in [1.165, 1.54) is 38.3 Å². The van der Waals surface area contributed by atoms with E-state index in [0.29, 0.717) is 23.7 Å². The molecule has 4 aromatic rings. The molecule has 0 amide bonds. The number of benzene rings is 4. The van der Waals surface area contributed by atoms with Gasteiger partial charge in [-0.2, -0.15) is 5.70 Å². The Kier molecular flexibility index (Phi) is 19.1. The molecule has 0 unspecified atom stereocenters. The fourth-order valence-electron chi connectivity index (χ4n) is 5.39. The summed E-state index contributed by atoms with van der Waals surface area (Å²) in [5.74, 6) is 1.75. The van der Waals surface area contributed by atoms with Crippen molar-refractivity contribution < 1.29 is 18.6 Å². The van der Waals surface area contributed by atoms with E-state index in [-0.39, 0.29) is 18.6 Å². The summed E-state index contributed by atoms with van der Waals surface area (Å²) >= 11 is 0. The first-order chi connectivity index (χ1) is 23.2. The molecule has 0 fully saturated rings. The number of rotatable bonds is 10. The van der Waals surface area contributed by atoms with Crippen LogP contribution in [0, 0.1) is 13.8 Å². The number of nitrogens with zero attached hydrogens (tertiary/aromatic N) is 6. The van der Waals surface area contributed by atoms with Crippen LogP contribution in [0.4, 0.5) is 22.7 Å². The molecule has 0 aliphatic rings. The Hall–Kier alpha value is -4.22. The molecule has 0 saturated heterocycles. The van der Waals surface area contributed by atoms with E-state index in [1.807, 2.05) is 24.3 Å². The molecule has 0 aliphatic heterocycles. The summed E-state index contributed by atoms with van der Waals surface area (Å²) in [6.07, 6.45) is 2.11. The average molecular weight is 707 g/mol. The van der Waals surface area contributed by atoms with Gasteiger partial charge in [0.2, 0.25) is 0 Å². The quantitative estimate of drug-likeness (QED) is 0.0678. The molecule has 0 aliphatic carbocycles. The topological polar surface area (TPSA) is 99.3 Å². The van der Waals surface area contributed by atoms with Gasteiger partial charge in [0.25, 0.3) is 0 Å². The van der Waals surface area contributed by atoms with Crippen molar-refractivity contribution >= 4 is 28.5 Å². The molecule has 0 aromatic heterocycles. The summed E-state index contributed by atoms with van der Waals surface area (Å²) in [6.45, 7) is 26.2. The molecule has 0 N–H and O–H groups in total. The van der Waals surface area contributed by atoms with Crippen LogP contribution in [0.5, 0.6) is 0 Å². The largest absolute Gasteiger partial charge is 0.661 e. The van der Waals surface area contributed by atoms with Gasteiger partial charge in [0.1, 0.15) is 0 Å². The van der Waals surface area contributed by atoms with Gasteiger partial charge in [0.05, 0.1) is 5.69 Å². The summed E-state index contributed by atoms with van der Waals surface area (Å²) in [6, 6.07) is 29.6. The summed E-state index contributed by atoms with van der Waals surface area (Å²) in [5.41, 5.74) is 27.5. The summed E-state index contributed by atoms with van der Waals surface area (Å²) in [5, 5.41) is 9.60. The maximum absolute atomic E-state index is 6.75. The van der Waals surface area contributed by atoms with Crippen LogP contribution in [0.2, 0.25) is 0 Å². The third-order valence-corrected chi connectivity index (χ3v) is 8.01. The first kappa shape index (κ1) is 43.8. The smallest absolute Gasteiger partial charge is 0.0701 e. The molecular formula is C43H55N6V-3. The van der Waals surface area contributed by atoms with Gasteiger partial charge in [0, 0.05) is 24.3 Å². The molecule has 4 aromatic carbocycles. The van der Waals surface area contributed by atoms with Crippen LogP contribution in [0.1, 0.15) is 126 Å². The van der Waals surface area contributed by atoms with Gasteiger partial charge < -0.3 is 21.7 Å². The second-order valence-electron chi connectivity index (χ2n) is 13.7. The number of aliphatic imine (C=N–C) groups is 1.